The van der Waals surface area contributed by atoms with Crippen LogP contribution in [-0.2, 0) is 9.59 Å². The van der Waals surface area contributed by atoms with Gasteiger partial charge in [0, 0.05) is 18.0 Å². The Labute approximate surface area is 116 Å². The highest BCUT2D eigenvalue weighted by atomic mass is 32.2. The average Bonchev–Trinajstić information content (AvgIpc) is 2.40. The SMILES string of the molecule is CCN(C(=O)CSC[C@H](N)C(=O)O)c1ccccc1. The number of nitrogens with two attached hydrogens (primary N) is 1. The normalized spacial score (nSPS) is 11.9. The predicted molar refractivity (Wildman–Crippen MR) is 77.4 cm³/mol. The minimum absolute atomic E-state index is 0.0451. The fraction of sp³-hybridized carbons (Fsp3) is 0.385. The Kier molecular flexibility index (Phi) is 6.38. The van der Waals surface area contributed by atoms with E-state index in [2.05, 4.69) is 0 Å². The van der Waals surface area contributed by atoms with Crippen LogP contribution in [0.4, 0.5) is 5.69 Å². The minimum Gasteiger partial charge on any atom is -0.480 e. The van der Waals surface area contributed by atoms with E-state index in [1.807, 2.05) is 37.3 Å². The van der Waals surface area contributed by atoms with Gasteiger partial charge in [-0.05, 0) is 19.1 Å². The van der Waals surface area contributed by atoms with Crippen LogP contribution in [0.1, 0.15) is 6.92 Å². The number of para-hydroxylation sites is 1. The number of hydrogen-bond donors (Lipinski definition) is 2. The molecule has 104 valence electrons. The van der Waals surface area contributed by atoms with Crippen molar-refractivity contribution >= 4 is 29.3 Å². The lowest BCUT2D eigenvalue weighted by Crippen LogP contribution is -2.35. The molecule has 1 amide bonds. The van der Waals surface area contributed by atoms with Gasteiger partial charge in [0.2, 0.25) is 5.91 Å². The van der Waals surface area contributed by atoms with E-state index in [-0.39, 0.29) is 17.4 Å². The summed E-state index contributed by atoms with van der Waals surface area (Å²) in [5.41, 5.74) is 6.22. The molecule has 0 spiro atoms. The molecule has 0 aliphatic heterocycles. The predicted octanol–water partition coefficient (Wildman–Crippen LogP) is 1.18. The van der Waals surface area contributed by atoms with Gasteiger partial charge >= 0.3 is 5.97 Å². The van der Waals surface area contributed by atoms with E-state index in [4.69, 9.17) is 10.8 Å². The third kappa shape index (κ3) is 4.92. The Hall–Kier alpha value is -1.53. The number of carboxylic acids is 1. The minimum atomic E-state index is -1.05. The van der Waals surface area contributed by atoms with Gasteiger partial charge in [-0.2, -0.15) is 0 Å². The summed E-state index contributed by atoms with van der Waals surface area (Å²) in [6.07, 6.45) is 0. The topological polar surface area (TPSA) is 83.6 Å². The summed E-state index contributed by atoms with van der Waals surface area (Å²) in [4.78, 5) is 24.3. The molecule has 0 fully saturated rings. The number of carboxylic acid groups (broad SMARTS) is 1. The Bertz CT molecular complexity index is 425. The second-order valence-electron chi connectivity index (χ2n) is 3.93. The van der Waals surface area contributed by atoms with Crippen LogP contribution in [0.2, 0.25) is 0 Å². The fourth-order valence-electron chi connectivity index (χ4n) is 1.53. The Morgan fingerprint density at radius 1 is 1.37 bits per heavy atom. The van der Waals surface area contributed by atoms with Gasteiger partial charge in [0.1, 0.15) is 6.04 Å². The summed E-state index contributed by atoms with van der Waals surface area (Å²) in [6, 6.07) is 8.45. The number of amides is 1. The number of carbonyl (C=O) groups is 2. The fourth-order valence-corrected chi connectivity index (χ4v) is 2.38. The lowest BCUT2D eigenvalue weighted by molar-refractivity contribution is -0.137. The first-order chi connectivity index (χ1) is 9.06. The molecule has 0 saturated carbocycles. The van der Waals surface area contributed by atoms with Crippen LogP contribution >= 0.6 is 11.8 Å². The molecule has 0 saturated heterocycles. The van der Waals surface area contributed by atoms with Crippen LogP contribution < -0.4 is 10.6 Å². The van der Waals surface area contributed by atoms with Gasteiger partial charge in [-0.3, -0.25) is 9.59 Å². The van der Waals surface area contributed by atoms with E-state index in [1.165, 1.54) is 11.8 Å². The molecule has 0 aliphatic carbocycles. The maximum absolute atomic E-state index is 12.0. The molecule has 1 aromatic rings. The Morgan fingerprint density at radius 3 is 2.53 bits per heavy atom. The maximum atomic E-state index is 12.0. The van der Waals surface area contributed by atoms with Gasteiger partial charge in [-0.1, -0.05) is 18.2 Å². The number of carbonyl (C=O) groups excluding carboxylic acids is 1. The average molecular weight is 282 g/mol. The second kappa shape index (κ2) is 7.81. The molecule has 0 unspecified atom stereocenters. The maximum Gasteiger partial charge on any atom is 0.321 e. The first-order valence-corrected chi connectivity index (χ1v) is 7.13. The van der Waals surface area contributed by atoms with Crippen LogP contribution in [0.5, 0.6) is 0 Å². The summed E-state index contributed by atoms with van der Waals surface area (Å²) >= 11 is 1.24. The van der Waals surface area contributed by atoms with Crippen molar-refractivity contribution in [2.45, 2.75) is 13.0 Å². The quantitative estimate of drug-likeness (QED) is 0.784. The molecule has 6 heteroatoms. The lowest BCUT2D eigenvalue weighted by Gasteiger charge is -2.21. The van der Waals surface area contributed by atoms with Gasteiger partial charge in [0.15, 0.2) is 0 Å². The van der Waals surface area contributed by atoms with Crippen molar-refractivity contribution in [3.63, 3.8) is 0 Å². The number of hydrogen-bond acceptors (Lipinski definition) is 4. The van der Waals surface area contributed by atoms with Gasteiger partial charge < -0.3 is 15.7 Å². The van der Waals surface area contributed by atoms with Crippen molar-refractivity contribution in [2.24, 2.45) is 5.73 Å². The van der Waals surface area contributed by atoms with Crippen LogP contribution in [0, 0.1) is 0 Å². The number of anilines is 1. The molecule has 0 radical (unpaired) electrons. The zero-order valence-corrected chi connectivity index (χ0v) is 11.6. The summed E-state index contributed by atoms with van der Waals surface area (Å²) in [6.45, 7) is 2.48. The van der Waals surface area contributed by atoms with Crippen molar-refractivity contribution in [2.75, 3.05) is 23.0 Å². The van der Waals surface area contributed by atoms with E-state index in [1.54, 1.807) is 4.90 Å². The third-order valence-corrected chi connectivity index (χ3v) is 3.57. The molecular formula is C13H18N2O3S. The molecular weight excluding hydrogens is 264 g/mol. The van der Waals surface area contributed by atoms with E-state index in [9.17, 15) is 9.59 Å². The zero-order chi connectivity index (χ0) is 14.3. The number of nitrogens with zero attached hydrogens (tertiary/aromatic N) is 1. The highest BCUT2D eigenvalue weighted by Crippen LogP contribution is 2.15. The molecule has 0 aromatic heterocycles. The van der Waals surface area contributed by atoms with Crippen LogP contribution in [0.25, 0.3) is 0 Å². The van der Waals surface area contributed by atoms with E-state index in [0.717, 1.165) is 5.69 Å². The highest BCUT2D eigenvalue weighted by Gasteiger charge is 2.16. The third-order valence-electron chi connectivity index (χ3n) is 2.53. The smallest absolute Gasteiger partial charge is 0.321 e. The van der Waals surface area contributed by atoms with Crippen LogP contribution in [0.3, 0.4) is 0 Å². The van der Waals surface area contributed by atoms with Crippen LogP contribution in [0.15, 0.2) is 30.3 Å². The number of aliphatic carboxylic acids is 1. The van der Waals surface area contributed by atoms with Crippen LogP contribution in [-0.4, -0.2) is 41.1 Å². The number of rotatable bonds is 7. The first kappa shape index (κ1) is 15.5. The zero-order valence-electron chi connectivity index (χ0n) is 10.8. The van der Waals surface area contributed by atoms with Gasteiger partial charge in [-0.25, -0.2) is 0 Å². The highest BCUT2D eigenvalue weighted by molar-refractivity contribution is 8.00. The summed E-state index contributed by atoms with van der Waals surface area (Å²) in [5, 5.41) is 8.65. The van der Waals surface area contributed by atoms with E-state index >= 15 is 0 Å². The molecule has 3 N–H and O–H groups in total. The van der Waals surface area contributed by atoms with Gasteiger partial charge in [0.25, 0.3) is 0 Å². The second-order valence-corrected chi connectivity index (χ2v) is 4.96. The molecule has 0 heterocycles. The standard InChI is InChI=1S/C13H18N2O3S/c1-2-15(10-6-4-3-5-7-10)12(16)9-19-8-11(14)13(17)18/h3-7,11H,2,8-9,14H2,1H3,(H,17,18)/t11-/m0/s1. The first-order valence-electron chi connectivity index (χ1n) is 5.97. The molecule has 0 aliphatic rings. The molecule has 5 nitrogen and oxygen atoms in total. The van der Waals surface area contributed by atoms with Crippen molar-refractivity contribution in [1.29, 1.82) is 0 Å². The van der Waals surface area contributed by atoms with E-state index < -0.39 is 12.0 Å². The summed E-state index contributed by atoms with van der Waals surface area (Å²) in [7, 11) is 0. The summed E-state index contributed by atoms with van der Waals surface area (Å²) in [5.74, 6) is -0.636. The van der Waals surface area contributed by atoms with Crippen molar-refractivity contribution in [3.8, 4) is 0 Å². The molecule has 19 heavy (non-hydrogen) atoms. The summed E-state index contributed by atoms with van der Waals surface area (Å²) < 4.78 is 0. The molecule has 0 bridgehead atoms. The Morgan fingerprint density at radius 2 is 2.00 bits per heavy atom. The molecule has 1 atom stereocenters. The van der Waals surface area contributed by atoms with Crippen molar-refractivity contribution < 1.29 is 14.7 Å². The number of thioether (sulfide) groups is 1. The van der Waals surface area contributed by atoms with Crippen molar-refractivity contribution in [3.05, 3.63) is 30.3 Å². The van der Waals surface area contributed by atoms with Gasteiger partial charge in [-0.15, -0.1) is 11.8 Å². The largest absolute Gasteiger partial charge is 0.480 e. The van der Waals surface area contributed by atoms with Crippen molar-refractivity contribution in [1.82, 2.24) is 0 Å². The Balaban J connectivity index is 2.49. The monoisotopic (exact) mass is 282 g/mol. The molecule has 1 aromatic carbocycles. The molecule has 1 rings (SSSR count). The lowest BCUT2D eigenvalue weighted by atomic mass is 10.3. The van der Waals surface area contributed by atoms with E-state index in [0.29, 0.717) is 6.54 Å². The number of benzene rings is 1. The van der Waals surface area contributed by atoms with Gasteiger partial charge in [0.05, 0.1) is 5.75 Å².